The largest absolute Gasteiger partial charge is 0.338 e. The van der Waals surface area contributed by atoms with Crippen molar-refractivity contribution in [2.75, 3.05) is 7.05 Å². The van der Waals surface area contributed by atoms with Gasteiger partial charge in [-0.05, 0) is 12.1 Å². The molecule has 2 aromatic rings. The summed E-state index contributed by atoms with van der Waals surface area (Å²) in [4.78, 5) is 24.0. The van der Waals surface area contributed by atoms with E-state index in [1.165, 1.54) is 23.1 Å². The maximum Gasteiger partial charge on any atom is 0.276 e. The zero-order valence-electron chi connectivity index (χ0n) is 12.3. The summed E-state index contributed by atoms with van der Waals surface area (Å²) in [5.74, 6) is -0.234. The van der Waals surface area contributed by atoms with Crippen LogP contribution in [-0.4, -0.2) is 32.6 Å². The molecule has 7 heteroatoms. The van der Waals surface area contributed by atoms with Crippen molar-refractivity contribution in [2.24, 2.45) is 7.05 Å². The molecule has 0 spiro atoms. The van der Waals surface area contributed by atoms with Gasteiger partial charge in [0, 0.05) is 44.5 Å². The van der Waals surface area contributed by atoms with Crippen LogP contribution < -0.4 is 0 Å². The highest BCUT2D eigenvalue weighted by atomic mass is 16.6. The van der Waals surface area contributed by atoms with Crippen molar-refractivity contribution in [1.29, 1.82) is 0 Å². The van der Waals surface area contributed by atoms with Gasteiger partial charge in [0.2, 0.25) is 5.91 Å². The lowest BCUT2D eigenvalue weighted by Gasteiger charge is -2.13. The molecule has 0 saturated carbocycles. The third kappa shape index (κ3) is 3.78. The molecule has 0 radical (unpaired) electrons. The molecule has 0 unspecified atom stereocenters. The highest BCUT2D eigenvalue weighted by Crippen LogP contribution is 2.19. The van der Waals surface area contributed by atoms with E-state index in [1.54, 1.807) is 43.2 Å². The van der Waals surface area contributed by atoms with Crippen molar-refractivity contribution >= 4 is 17.7 Å². The smallest absolute Gasteiger partial charge is 0.276 e. The summed E-state index contributed by atoms with van der Waals surface area (Å²) in [6.45, 7) is 0.425. The normalized spacial score (nSPS) is 10.8. The monoisotopic (exact) mass is 300 g/mol. The number of rotatable bonds is 5. The third-order valence-corrected chi connectivity index (χ3v) is 3.09. The second-order valence-electron chi connectivity index (χ2n) is 4.87. The number of nitro benzene ring substituents is 1. The highest BCUT2D eigenvalue weighted by molar-refractivity contribution is 5.92. The number of aryl methyl sites for hydroxylation is 1. The second-order valence-corrected chi connectivity index (χ2v) is 4.87. The Labute approximate surface area is 127 Å². The minimum Gasteiger partial charge on any atom is -0.338 e. The number of carbonyl (C=O) groups excluding carboxylic acids is 1. The van der Waals surface area contributed by atoms with Crippen LogP contribution in [0, 0.1) is 10.1 Å². The van der Waals surface area contributed by atoms with E-state index in [-0.39, 0.29) is 11.6 Å². The molecule has 1 heterocycles. The fraction of sp³-hybridized carbons (Fsp3) is 0.200. The molecule has 0 aliphatic carbocycles. The van der Waals surface area contributed by atoms with E-state index in [0.717, 1.165) is 5.56 Å². The number of amides is 1. The van der Waals surface area contributed by atoms with Gasteiger partial charge in [-0.15, -0.1) is 0 Å². The molecule has 0 aliphatic heterocycles. The molecule has 1 aromatic carbocycles. The van der Waals surface area contributed by atoms with Crippen LogP contribution in [0.15, 0.2) is 42.7 Å². The van der Waals surface area contributed by atoms with Gasteiger partial charge in [0.15, 0.2) is 0 Å². The van der Waals surface area contributed by atoms with Gasteiger partial charge in [-0.2, -0.15) is 5.10 Å². The van der Waals surface area contributed by atoms with Crippen molar-refractivity contribution in [1.82, 2.24) is 14.7 Å². The molecular weight excluding hydrogens is 284 g/mol. The number of nitro groups is 1. The van der Waals surface area contributed by atoms with Crippen molar-refractivity contribution in [2.45, 2.75) is 6.54 Å². The molecule has 22 heavy (non-hydrogen) atoms. The molecule has 1 amide bonds. The lowest BCUT2D eigenvalue weighted by Crippen LogP contribution is -2.23. The molecule has 0 saturated heterocycles. The summed E-state index contributed by atoms with van der Waals surface area (Å²) in [7, 11) is 3.47. The van der Waals surface area contributed by atoms with Gasteiger partial charge in [-0.1, -0.05) is 12.1 Å². The van der Waals surface area contributed by atoms with Gasteiger partial charge in [-0.25, -0.2) is 0 Å². The summed E-state index contributed by atoms with van der Waals surface area (Å²) >= 11 is 0. The zero-order valence-corrected chi connectivity index (χ0v) is 12.3. The Morgan fingerprint density at radius 1 is 1.45 bits per heavy atom. The van der Waals surface area contributed by atoms with Crippen molar-refractivity contribution in [3.8, 4) is 0 Å². The Morgan fingerprint density at radius 2 is 2.18 bits per heavy atom. The van der Waals surface area contributed by atoms with Gasteiger partial charge in [0.25, 0.3) is 5.69 Å². The Morgan fingerprint density at radius 3 is 2.82 bits per heavy atom. The van der Waals surface area contributed by atoms with Crippen molar-refractivity contribution in [3.63, 3.8) is 0 Å². The van der Waals surface area contributed by atoms with Crippen LogP contribution in [-0.2, 0) is 18.4 Å². The lowest BCUT2D eigenvalue weighted by molar-refractivity contribution is -0.385. The fourth-order valence-corrected chi connectivity index (χ4v) is 1.99. The average Bonchev–Trinajstić information content (AvgIpc) is 2.90. The molecule has 7 nitrogen and oxygen atoms in total. The van der Waals surface area contributed by atoms with Crippen molar-refractivity contribution in [3.05, 3.63) is 64.0 Å². The standard InChI is InChI=1S/C15H16N4O3/c1-17(10-12-9-16-18(2)11-12)15(20)8-7-13-5-3-4-6-14(13)19(21)22/h3-9,11H,10H2,1-2H3/b8-7+. The van der Waals surface area contributed by atoms with Crippen LogP contribution in [0.4, 0.5) is 5.69 Å². The molecule has 2 rings (SSSR count). The first kappa shape index (κ1) is 15.4. The van der Waals surface area contributed by atoms with Crippen LogP contribution in [0.25, 0.3) is 6.08 Å². The first-order chi connectivity index (χ1) is 10.5. The van der Waals surface area contributed by atoms with Gasteiger partial charge in [0.1, 0.15) is 0 Å². The predicted octanol–water partition coefficient (Wildman–Crippen LogP) is 2.00. The number of hydrogen-bond acceptors (Lipinski definition) is 4. The van der Waals surface area contributed by atoms with Crippen LogP contribution in [0.1, 0.15) is 11.1 Å². The van der Waals surface area contributed by atoms with E-state index < -0.39 is 4.92 Å². The van der Waals surface area contributed by atoms with Gasteiger partial charge >= 0.3 is 0 Å². The number of benzene rings is 1. The van der Waals surface area contributed by atoms with E-state index in [1.807, 2.05) is 6.20 Å². The predicted molar refractivity (Wildman–Crippen MR) is 81.8 cm³/mol. The van der Waals surface area contributed by atoms with E-state index in [4.69, 9.17) is 0 Å². The number of aromatic nitrogens is 2. The maximum absolute atomic E-state index is 12.1. The Kier molecular flexibility index (Phi) is 4.67. The minimum atomic E-state index is -0.469. The maximum atomic E-state index is 12.1. The number of para-hydroxylation sites is 1. The first-order valence-electron chi connectivity index (χ1n) is 6.61. The number of hydrogen-bond donors (Lipinski definition) is 0. The summed E-state index contributed by atoms with van der Waals surface area (Å²) < 4.78 is 1.66. The molecule has 0 N–H and O–H groups in total. The molecule has 0 bridgehead atoms. The summed E-state index contributed by atoms with van der Waals surface area (Å²) in [5, 5.41) is 15.0. The SMILES string of the molecule is CN(Cc1cnn(C)c1)C(=O)/C=C/c1ccccc1[N+](=O)[O-]. The number of nitrogens with zero attached hydrogens (tertiary/aromatic N) is 4. The molecule has 1 aromatic heterocycles. The topological polar surface area (TPSA) is 81.3 Å². The molecule has 0 atom stereocenters. The second kappa shape index (κ2) is 6.66. The van der Waals surface area contributed by atoms with Gasteiger partial charge in [-0.3, -0.25) is 19.6 Å². The van der Waals surface area contributed by atoms with E-state index in [0.29, 0.717) is 12.1 Å². The molecule has 0 aliphatic rings. The van der Waals surface area contributed by atoms with E-state index in [2.05, 4.69) is 5.10 Å². The summed E-state index contributed by atoms with van der Waals surface area (Å²) in [5.41, 5.74) is 1.29. The van der Waals surface area contributed by atoms with E-state index in [9.17, 15) is 14.9 Å². The summed E-state index contributed by atoms with van der Waals surface area (Å²) in [6.07, 6.45) is 6.31. The van der Waals surface area contributed by atoms with Crippen LogP contribution >= 0.6 is 0 Å². The molecule has 114 valence electrons. The number of carbonyl (C=O) groups is 1. The van der Waals surface area contributed by atoms with Gasteiger partial charge < -0.3 is 4.90 Å². The lowest BCUT2D eigenvalue weighted by atomic mass is 10.1. The Balaban J connectivity index is 2.06. The van der Waals surface area contributed by atoms with Crippen LogP contribution in [0.5, 0.6) is 0 Å². The zero-order chi connectivity index (χ0) is 16.1. The fourth-order valence-electron chi connectivity index (χ4n) is 1.99. The summed E-state index contributed by atoms with van der Waals surface area (Å²) in [6, 6.07) is 6.29. The van der Waals surface area contributed by atoms with Crippen molar-refractivity contribution < 1.29 is 9.72 Å². The Hall–Kier alpha value is -2.96. The quantitative estimate of drug-likeness (QED) is 0.480. The molecular formula is C15H16N4O3. The third-order valence-electron chi connectivity index (χ3n) is 3.09. The van der Waals surface area contributed by atoms with Crippen LogP contribution in [0.2, 0.25) is 0 Å². The number of likely N-dealkylation sites (N-methyl/N-ethyl adjacent to an activating group) is 1. The molecule has 0 fully saturated rings. The Bertz CT molecular complexity index is 721. The van der Waals surface area contributed by atoms with Crippen LogP contribution in [0.3, 0.4) is 0 Å². The first-order valence-corrected chi connectivity index (χ1v) is 6.61. The van der Waals surface area contributed by atoms with Gasteiger partial charge in [0.05, 0.1) is 16.7 Å². The highest BCUT2D eigenvalue weighted by Gasteiger charge is 2.11. The average molecular weight is 300 g/mol. The minimum absolute atomic E-state index is 0.0264. The van der Waals surface area contributed by atoms with E-state index >= 15 is 0 Å².